The van der Waals surface area contributed by atoms with Gasteiger partial charge >= 0.3 is 23.9 Å². The average molecular weight is 500 g/mol. The number of rotatable bonds is 11. The van der Waals surface area contributed by atoms with Crippen molar-refractivity contribution in [2.75, 3.05) is 13.7 Å². The molecular formula is C27H33NO8. The molecule has 0 saturated carbocycles. The molecule has 2 aromatic carbocycles. The Bertz CT molecular complexity index is 1080. The fourth-order valence-electron chi connectivity index (χ4n) is 3.09. The molecule has 0 aliphatic rings. The quantitative estimate of drug-likeness (QED) is 0.365. The Morgan fingerprint density at radius 1 is 0.861 bits per heavy atom. The zero-order valence-electron chi connectivity index (χ0n) is 21.2. The van der Waals surface area contributed by atoms with Gasteiger partial charge in [-0.15, -0.1) is 0 Å². The molecule has 0 aromatic heterocycles. The number of benzene rings is 2. The summed E-state index contributed by atoms with van der Waals surface area (Å²) >= 11 is 0. The lowest BCUT2D eigenvalue weighted by Crippen LogP contribution is -2.51. The Morgan fingerprint density at radius 3 is 2.00 bits per heavy atom. The minimum absolute atomic E-state index is 0.0206. The first-order valence-corrected chi connectivity index (χ1v) is 11.6. The molecule has 9 heteroatoms. The number of hydrogen-bond donors (Lipinski definition) is 1. The van der Waals surface area contributed by atoms with Gasteiger partial charge in [0.2, 0.25) is 0 Å². The van der Waals surface area contributed by atoms with Crippen LogP contribution >= 0.6 is 0 Å². The lowest BCUT2D eigenvalue weighted by atomic mass is 9.88. The molecule has 0 heterocycles. The number of esters is 4. The molecule has 194 valence electrons. The largest absolute Gasteiger partial charge is 0.468 e. The van der Waals surface area contributed by atoms with Crippen LogP contribution in [0.4, 0.5) is 0 Å². The number of carbonyl (C=O) groups excluding carboxylic acids is 4. The Hall–Kier alpha value is -3.72. The molecule has 0 spiro atoms. The van der Waals surface area contributed by atoms with E-state index in [4.69, 9.17) is 24.7 Å². The van der Waals surface area contributed by atoms with Crippen molar-refractivity contribution in [3.8, 4) is 11.5 Å². The summed E-state index contributed by atoms with van der Waals surface area (Å²) in [5.41, 5.74) is 5.77. The molecule has 36 heavy (non-hydrogen) atoms. The van der Waals surface area contributed by atoms with Gasteiger partial charge in [0.05, 0.1) is 31.1 Å². The maximum atomic E-state index is 12.6. The third kappa shape index (κ3) is 7.91. The molecule has 0 saturated heterocycles. The monoisotopic (exact) mass is 499 g/mol. The van der Waals surface area contributed by atoms with Crippen LogP contribution in [0.1, 0.15) is 50.0 Å². The van der Waals surface area contributed by atoms with Crippen LogP contribution in [-0.4, -0.2) is 43.1 Å². The van der Waals surface area contributed by atoms with Gasteiger partial charge in [-0.25, -0.2) is 4.79 Å². The van der Waals surface area contributed by atoms with Gasteiger partial charge in [0.15, 0.2) is 11.5 Å². The third-order valence-corrected chi connectivity index (χ3v) is 5.27. The predicted molar refractivity (Wildman–Crippen MR) is 131 cm³/mol. The summed E-state index contributed by atoms with van der Waals surface area (Å²) in [6.07, 6.45) is -0.0450. The van der Waals surface area contributed by atoms with Crippen molar-refractivity contribution >= 4 is 23.9 Å². The highest BCUT2D eigenvalue weighted by Gasteiger charge is 2.36. The van der Waals surface area contributed by atoms with E-state index in [0.717, 1.165) is 0 Å². The minimum Gasteiger partial charge on any atom is -0.468 e. The molecular weight excluding hydrogens is 466 g/mol. The second-order valence-electron chi connectivity index (χ2n) is 9.01. The Morgan fingerprint density at radius 2 is 1.44 bits per heavy atom. The predicted octanol–water partition coefficient (Wildman–Crippen LogP) is 3.47. The molecule has 0 amide bonds. The SMILES string of the molecule is COC(=O)[C@@](N)(CCOC(=O)c1ccccc1)Cc1ccc(OC(=O)C(C)C)c(OC(=O)C(C)C)c1. The van der Waals surface area contributed by atoms with E-state index in [1.165, 1.54) is 19.2 Å². The van der Waals surface area contributed by atoms with Crippen LogP contribution in [0, 0.1) is 11.8 Å². The van der Waals surface area contributed by atoms with Gasteiger partial charge in [-0.05, 0) is 29.8 Å². The molecule has 0 aliphatic heterocycles. The van der Waals surface area contributed by atoms with E-state index in [0.29, 0.717) is 11.1 Å². The van der Waals surface area contributed by atoms with Crippen molar-refractivity contribution in [3.05, 3.63) is 59.7 Å². The van der Waals surface area contributed by atoms with Crippen LogP contribution in [-0.2, 0) is 30.3 Å². The lowest BCUT2D eigenvalue weighted by molar-refractivity contribution is -0.147. The third-order valence-electron chi connectivity index (χ3n) is 5.27. The number of carbonyl (C=O) groups is 4. The van der Waals surface area contributed by atoms with E-state index in [1.54, 1.807) is 64.1 Å². The van der Waals surface area contributed by atoms with E-state index >= 15 is 0 Å². The topological polar surface area (TPSA) is 131 Å². The fraction of sp³-hybridized carbons (Fsp3) is 0.407. The van der Waals surface area contributed by atoms with E-state index < -0.39 is 41.3 Å². The van der Waals surface area contributed by atoms with Crippen LogP contribution in [0.15, 0.2) is 48.5 Å². The summed E-state index contributed by atoms with van der Waals surface area (Å²) in [5.74, 6) is -2.97. The summed E-state index contributed by atoms with van der Waals surface area (Å²) < 4.78 is 21.0. The Balaban J connectivity index is 2.25. The molecule has 0 aliphatic carbocycles. The van der Waals surface area contributed by atoms with Gasteiger partial charge in [-0.2, -0.15) is 0 Å². The zero-order chi connectivity index (χ0) is 26.9. The molecule has 0 fully saturated rings. The van der Waals surface area contributed by atoms with Crippen molar-refractivity contribution < 1.29 is 38.1 Å². The van der Waals surface area contributed by atoms with Gasteiger partial charge in [0.25, 0.3) is 0 Å². The van der Waals surface area contributed by atoms with Gasteiger partial charge in [0, 0.05) is 12.8 Å². The molecule has 2 rings (SSSR count). The second kappa shape index (κ2) is 12.8. The van der Waals surface area contributed by atoms with Gasteiger partial charge < -0.3 is 24.7 Å². The van der Waals surface area contributed by atoms with E-state index in [2.05, 4.69) is 0 Å². The van der Waals surface area contributed by atoms with Crippen LogP contribution in [0.5, 0.6) is 11.5 Å². The summed E-state index contributed by atoms with van der Waals surface area (Å²) in [4.78, 5) is 49.2. The summed E-state index contributed by atoms with van der Waals surface area (Å²) in [5, 5.41) is 0. The highest BCUT2D eigenvalue weighted by atomic mass is 16.6. The first-order valence-electron chi connectivity index (χ1n) is 11.6. The average Bonchev–Trinajstić information content (AvgIpc) is 2.85. The molecule has 2 N–H and O–H groups in total. The Kier molecular flexibility index (Phi) is 10.2. The van der Waals surface area contributed by atoms with E-state index in [9.17, 15) is 19.2 Å². The number of methoxy groups -OCH3 is 1. The molecule has 0 bridgehead atoms. The van der Waals surface area contributed by atoms with Crippen molar-refractivity contribution in [1.82, 2.24) is 0 Å². The first-order chi connectivity index (χ1) is 17.0. The van der Waals surface area contributed by atoms with Crippen LogP contribution < -0.4 is 15.2 Å². The highest BCUT2D eigenvalue weighted by molar-refractivity contribution is 5.89. The molecule has 2 aromatic rings. The molecule has 0 radical (unpaired) electrons. The van der Waals surface area contributed by atoms with Crippen LogP contribution in [0.3, 0.4) is 0 Å². The summed E-state index contributed by atoms with van der Waals surface area (Å²) in [6.45, 7) is 6.58. The maximum absolute atomic E-state index is 12.6. The smallest absolute Gasteiger partial charge is 0.338 e. The zero-order valence-corrected chi connectivity index (χ0v) is 21.2. The molecule has 0 unspecified atom stereocenters. The van der Waals surface area contributed by atoms with Gasteiger partial charge in [-0.1, -0.05) is 52.0 Å². The maximum Gasteiger partial charge on any atom is 0.338 e. The molecule has 9 nitrogen and oxygen atoms in total. The van der Waals surface area contributed by atoms with Crippen LogP contribution in [0.2, 0.25) is 0 Å². The van der Waals surface area contributed by atoms with Crippen molar-refractivity contribution in [3.63, 3.8) is 0 Å². The van der Waals surface area contributed by atoms with Gasteiger partial charge in [-0.3, -0.25) is 14.4 Å². The fourth-order valence-corrected chi connectivity index (χ4v) is 3.09. The van der Waals surface area contributed by atoms with Crippen molar-refractivity contribution in [2.24, 2.45) is 17.6 Å². The number of hydrogen-bond acceptors (Lipinski definition) is 9. The van der Waals surface area contributed by atoms with Crippen molar-refractivity contribution in [1.29, 1.82) is 0 Å². The molecule has 1 atom stereocenters. The summed E-state index contributed by atoms with van der Waals surface area (Å²) in [6, 6.07) is 13.0. The van der Waals surface area contributed by atoms with Gasteiger partial charge in [0.1, 0.15) is 5.54 Å². The second-order valence-corrected chi connectivity index (χ2v) is 9.01. The standard InChI is InChI=1S/C27H33NO8/c1-17(2)23(29)35-21-12-11-19(15-22(21)36-24(30)18(3)4)16-27(28,26(32)33-5)13-14-34-25(31)20-9-7-6-8-10-20/h6-12,15,17-18H,13-14,16,28H2,1-5H3/t27-/m1/s1. The summed E-state index contributed by atoms with van der Waals surface area (Å²) in [7, 11) is 1.21. The minimum atomic E-state index is -1.54. The highest BCUT2D eigenvalue weighted by Crippen LogP contribution is 2.31. The lowest BCUT2D eigenvalue weighted by Gasteiger charge is -2.27. The number of nitrogens with two attached hydrogens (primary N) is 1. The first kappa shape index (κ1) is 28.5. The Labute approximate surface area is 210 Å². The van der Waals surface area contributed by atoms with E-state index in [1.807, 2.05) is 0 Å². The number of ether oxygens (including phenoxy) is 4. The van der Waals surface area contributed by atoms with E-state index in [-0.39, 0.29) is 30.9 Å². The normalized spacial score (nSPS) is 12.6. The van der Waals surface area contributed by atoms with Crippen LogP contribution in [0.25, 0.3) is 0 Å². The van der Waals surface area contributed by atoms with Crippen molar-refractivity contribution in [2.45, 2.75) is 46.1 Å².